The first-order valence-electron chi connectivity index (χ1n) is 11.1. The van der Waals surface area contributed by atoms with Gasteiger partial charge in [-0.25, -0.2) is 0 Å². The molecule has 0 spiro atoms. The molecule has 1 fully saturated rings. The van der Waals surface area contributed by atoms with E-state index in [1.165, 1.54) is 0 Å². The van der Waals surface area contributed by atoms with Crippen LogP contribution in [0.3, 0.4) is 0 Å². The number of pyridine rings is 1. The number of carbonyl (C=O) groups is 2. The number of ether oxygens (including phenoxy) is 2. The molecule has 170 valence electrons. The first-order valence-corrected chi connectivity index (χ1v) is 11.1. The van der Waals surface area contributed by atoms with Gasteiger partial charge in [0.15, 0.2) is 11.5 Å². The molecule has 0 N–H and O–H groups in total. The standard InChI is InChI=1S/C25H31N3O4/c1-15-9-16(2)14-28(13-15)25(30)22-18-10-20(31-4)21(32-5)11-19(18)24(29)27(3)23(22)17-7-6-8-26-12-17/h6-8,10-12,15-16,22-23H,9,13-14H2,1-5H3/t15-,16+,22-,23+/m0/s1. The minimum atomic E-state index is -0.561. The second-order valence-corrected chi connectivity index (χ2v) is 9.11. The molecule has 7 heteroatoms. The third kappa shape index (κ3) is 3.80. The number of rotatable bonds is 4. The smallest absolute Gasteiger partial charge is 0.254 e. The number of likely N-dealkylation sites (tertiary alicyclic amines) is 1. The lowest BCUT2D eigenvalue weighted by atomic mass is 9.78. The van der Waals surface area contributed by atoms with Gasteiger partial charge >= 0.3 is 0 Å². The van der Waals surface area contributed by atoms with Crippen molar-refractivity contribution >= 4 is 11.8 Å². The van der Waals surface area contributed by atoms with E-state index in [1.54, 1.807) is 50.7 Å². The van der Waals surface area contributed by atoms with Gasteiger partial charge in [0.25, 0.3) is 5.91 Å². The third-order valence-corrected chi connectivity index (χ3v) is 6.65. The summed E-state index contributed by atoms with van der Waals surface area (Å²) in [6.45, 7) is 5.82. The van der Waals surface area contributed by atoms with Crippen LogP contribution in [0.15, 0.2) is 36.7 Å². The molecule has 32 heavy (non-hydrogen) atoms. The van der Waals surface area contributed by atoms with Crippen molar-refractivity contribution in [2.24, 2.45) is 11.8 Å². The Labute approximate surface area is 189 Å². The van der Waals surface area contributed by atoms with E-state index < -0.39 is 12.0 Å². The van der Waals surface area contributed by atoms with Crippen LogP contribution in [0, 0.1) is 11.8 Å². The molecule has 1 aromatic carbocycles. The fraction of sp³-hybridized carbons (Fsp3) is 0.480. The molecule has 0 unspecified atom stereocenters. The highest BCUT2D eigenvalue weighted by Crippen LogP contribution is 2.46. The van der Waals surface area contributed by atoms with E-state index in [0.29, 0.717) is 34.5 Å². The number of benzene rings is 1. The molecule has 4 rings (SSSR count). The lowest BCUT2D eigenvalue weighted by molar-refractivity contribution is -0.137. The number of hydrogen-bond donors (Lipinski definition) is 0. The maximum atomic E-state index is 14.1. The maximum absolute atomic E-state index is 14.1. The van der Waals surface area contributed by atoms with E-state index in [-0.39, 0.29) is 11.8 Å². The summed E-state index contributed by atoms with van der Waals surface area (Å²) in [6, 6.07) is 6.79. The lowest BCUT2D eigenvalue weighted by Crippen LogP contribution is -2.50. The minimum absolute atomic E-state index is 0.0325. The van der Waals surface area contributed by atoms with Crippen LogP contribution in [-0.2, 0) is 4.79 Å². The predicted octanol–water partition coefficient (Wildman–Crippen LogP) is 3.51. The summed E-state index contributed by atoms with van der Waals surface area (Å²) in [5.41, 5.74) is 1.98. The number of amides is 2. The largest absolute Gasteiger partial charge is 0.493 e. The normalized spacial score (nSPS) is 25.3. The summed E-state index contributed by atoms with van der Waals surface area (Å²) in [5, 5.41) is 0. The molecular formula is C25H31N3O4. The van der Waals surface area contributed by atoms with Crippen LogP contribution in [0.1, 0.15) is 53.7 Å². The Bertz CT molecular complexity index is 1000. The average Bonchev–Trinajstić information content (AvgIpc) is 2.79. The van der Waals surface area contributed by atoms with Gasteiger partial charge in [0.1, 0.15) is 0 Å². The molecule has 7 nitrogen and oxygen atoms in total. The molecule has 0 radical (unpaired) electrons. The van der Waals surface area contributed by atoms with Crippen molar-refractivity contribution in [2.45, 2.75) is 32.2 Å². The Morgan fingerprint density at radius 1 is 1.09 bits per heavy atom. The second kappa shape index (κ2) is 8.81. The zero-order chi connectivity index (χ0) is 23.0. The zero-order valence-electron chi connectivity index (χ0n) is 19.4. The maximum Gasteiger partial charge on any atom is 0.254 e. The number of hydrogen-bond acceptors (Lipinski definition) is 5. The number of carbonyl (C=O) groups excluding carboxylic acids is 2. The highest BCUT2D eigenvalue weighted by Gasteiger charge is 2.45. The minimum Gasteiger partial charge on any atom is -0.493 e. The van der Waals surface area contributed by atoms with Crippen LogP contribution < -0.4 is 9.47 Å². The molecule has 1 saturated heterocycles. The summed E-state index contributed by atoms with van der Waals surface area (Å²) in [5.74, 6) is 1.17. The SMILES string of the molecule is COc1cc2c(cc1OC)[C@H](C(=O)N1C[C@H](C)C[C@H](C)C1)[C@@H](c1cccnc1)N(C)C2=O. The Balaban J connectivity index is 1.88. The summed E-state index contributed by atoms with van der Waals surface area (Å²) in [6.07, 6.45) is 4.54. The Morgan fingerprint density at radius 2 is 1.75 bits per heavy atom. The van der Waals surface area contributed by atoms with Crippen molar-refractivity contribution in [3.8, 4) is 11.5 Å². The van der Waals surface area contributed by atoms with Gasteiger partial charge in [0.05, 0.1) is 26.2 Å². The fourth-order valence-electron chi connectivity index (χ4n) is 5.32. The molecular weight excluding hydrogens is 406 g/mol. The predicted molar refractivity (Wildman–Crippen MR) is 121 cm³/mol. The van der Waals surface area contributed by atoms with E-state index >= 15 is 0 Å². The number of aromatic nitrogens is 1. The third-order valence-electron chi connectivity index (χ3n) is 6.65. The van der Waals surface area contributed by atoms with Crippen LogP contribution >= 0.6 is 0 Å². The van der Waals surface area contributed by atoms with Crippen LogP contribution in [0.25, 0.3) is 0 Å². The Hall–Kier alpha value is -3.09. The van der Waals surface area contributed by atoms with E-state index in [2.05, 4.69) is 18.8 Å². The molecule has 4 atom stereocenters. The van der Waals surface area contributed by atoms with Crippen LogP contribution in [0.2, 0.25) is 0 Å². The van der Waals surface area contributed by atoms with Gasteiger partial charge in [-0.05, 0) is 47.6 Å². The molecule has 0 saturated carbocycles. The highest BCUT2D eigenvalue weighted by molar-refractivity contribution is 6.02. The molecule has 2 aliphatic heterocycles. The number of likely N-dealkylation sites (N-methyl/N-ethyl adjacent to an activating group) is 1. The monoisotopic (exact) mass is 437 g/mol. The fourth-order valence-corrected chi connectivity index (χ4v) is 5.32. The number of fused-ring (bicyclic) bond motifs is 1. The molecule has 2 aromatic rings. The van der Waals surface area contributed by atoms with Gasteiger partial charge < -0.3 is 19.3 Å². The molecule has 0 bridgehead atoms. The van der Waals surface area contributed by atoms with Crippen LogP contribution in [0.5, 0.6) is 11.5 Å². The van der Waals surface area contributed by atoms with Gasteiger partial charge in [-0.3, -0.25) is 14.6 Å². The van der Waals surface area contributed by atoms with Crippen LogP contribution in [0.4, 0.5) is 0 Å². The van der Waals surface area contributed by atoms with Gasteiger partial charge in [-0.2, -0.15) is 0 Å². The molecule has 3 heterocycles. The summed E-state index contributed by atoms with van der Waals surface area (Å²) in [7, 11) is 4.85. The van der Waals surface area contributed by atoms with E-state index in [1.807, 2.05) is 17.0 Å². The molecule has 2 aliphatic rings. The van der Waals surface area contributed by atoms with Crippen LogP contribution in [-0.4, -0.2) is 61.0 Å². The van der Waals surface area contributed by atoms with Gasteiger partial charge in [-0.15, -0.1) is 0 Å². The first-order chi connectivity index (χ1) is 15.3. The number of piperidine rings is 1. The van der Waals surface area contributed by atoms with Gasteiger partial charge in [0, 0.05) is 38.1 Å². The number of methoxy groups -OCH3 is 2. The summed E-state index contributed by atoms with van der Waals surface area (Å²) in [4.78, 5) is 35.4. The van der Waals surface area contributed by atoms with Crippen molar-refractivity contribution in [2.75, 3.05) is 34.4 Å². The zero-order valence-corrected chi connectivity index (χ0v) is 19.4. The Morgan fingerprint density at radius 3 is 2.34 bits per heavy atom. The average molecular weight is 438 g/mol. The van der Waals surface area contributed by atoms with E-state index in [9.17, 15) is 9.59 Å². The van der Waals surface area contributed by atoms with Gasteiger partial charge in [0.2, 0.25) is 5.91 Å². The molecule has 2 amide bonds. The van der Waals surface area contributed by atoms with Crippen molar-refractivity contribution in [3.05, 3.63) is 53.3 Å². The summed E-state index contributed by atoms with van der Waals surface area (Å²) >= 11 is 0. The highest BCUT2D eigenvalue weighted by atomic mass is 16.5. The quantitative estimate of drug-likeness (QED) is 0.732. The van der Waals surface area contributed by atoms with E-state index in [0.717, 1.165) is 25.1 Å². The van der Waals surface area contributed by atoms with Crippen molar-refractivity contribution in [1.29, 1.82) is 0 Å². The second-order valence-electron chi connectivity index (χ2n) is 9.11. The molecule has 1 aromatic heterocycles. The van der Waals surface area contributed by atoms with Crippen molar-refractivity contribution in [3.63, 3.8) is 0 Å². The van der Waals surface area contributed by atoms with Crippen molar-refractivity contribution in [1.82, 2.24) is 14.8 Å². The number of nitrogens with zero attached hydrogens (tertiary/aromatic N) is 3. The Kier molecular flexibility index (Phi) is 6.09. The molecule has 0 aliphatic carbocycles. The van der Waals surface area contributed by atoms with Gasteiger partial charge in [-0.1, -0.05) is 19.9 Å². The topological polar surface area (TPSA) is 72.0 Å². The summed E-state index contributed by atoms with van der Waals surface area (Å²) < 4.78 is 11.0. The van der Waals surface area contributed by atoms with Crippen molar-refractivity contribution < 1.29 is 19.1 Å². The first kappa shape index (κ1) is 22.1. The lowest BCUT2D eigenvalue weighted by Gasteiger charge is -2.43. The van der Waals surface area contributed by atoms with E-state index in [4.69, 9.17) is 9.47 Å².